The van der Waals surface area contributed by atoms with Gasteiger partial charge < -0.3 is 20.5 Å². The molecule has 0 radical (unpaired) electrons. The summed E-state index contributed by atoms with van der Waals surface area (Å²) >= 11 is 5.79. The Bertz CT molecular complexity index is 412. The molecule has 5 nitrogen and oxygen atoms in total. The highest BCUT2D eigenvalue weighted by atomic mass is 35.5. The largest absolute Gasteiger partial charge is 0.398 e. The maximum atomic E-state index is 12.0. The Morgan fingerprint density at radius 3 is 2.83 bits per heavy atom. The van der Waals surface area contributed by atoms with Crippen LogP contribution >= 0.6 is 11.6 Å². The van der Waals surface area contributed by atoms with E-state index in [0.29, 0.717) is 29.4 Å². The minimum absolute atomic E-state index is 0.0224. The number of carbonyl (C=O) groups is 1. The van der Waals surface area contributed by atoms with Crippen molar-refractivity contribution in [2.75, 3.05) is 39.1 Å². The van der Waals surface area contributed by atoms with Crippen LogP contribution in [-0.2, 0) is 4.74 Å². The van der Waals surface area contributed by atoms with E-state index in [9.17, 15) is 4.79 Å². The average molecular weight is 273 g/mol. The van der Waals surface area contributed by atoms with Gasteiger partial charge >= 0.3 is 0 Å². The Morgan fingerprint density at radius 1 is 1.50 bits per heavy atom. The second-order valence-electron chi connectivity index (χ2n) is 3.80. The summed E-state index contributed by atoms with van der Waals surface area (Å²) in [7, 11) is 1.68. The number of likely N-dealkylation sites (N-methyl/N-ethyl adjacent to an activating group) is 1. The number of nitrogens with two attached hydrogens (primary N) is 1. The van der Waals surface area contributed by atoms with Crippen molar-refractivity contribution in [3.63, 3.8) is 0 Å². The maximum Gasteiger partial charge on any atom is 0.253 e. The number of nitrogens with zero attached hydrogens (tertiary/aromatic N) is 1. The molecule has 18 heavy (non-hydrogen) atoms. The number of hydrogen-bond acceptors (Lipinski definition) is 4. The molecule has 0 heterocycles. The van der Waals surface area contributed by atoms with Crippen LogP contribution in [0.1, 0.15) is 10.4 Å². The Hall–Kier alpha value is -1.30. The zero-order valence-corrected chi connectivity index (χ0v) is 11.0. The molecule has 0 aliphatic carbocycles. The molecule has 6 heteroatoms. The van der Waals surface area contributed by atoms with Gasteiger partial charge in [0.15, 0.2) is 0 Å². The highest BCUT2D eigenvalue weighted by Crippen LogP contribution is 2.20. The highest BCUT2D eigenvalue weighted by molar-refractivity contribution is 6.33. The van der Waals surface area contributed by atoms with Gasteiger partial charge in [0.25, 0.3) is 5.91 Å². The van der Waals surface area contributed by atoms with Crippen molar-refractivity contribution in [2.45, 2.75) is 0 Å². The molecular formula is C12H17ClN2O3. The summed E-state index contributed by atoms with van der Waals surface area (Å²) in [5.74, 6) is -0.147. The molecule has 1 aromatic carbocycles. The van der Waals surface area contributed by atoms with Crippen molar-refractivity contribution in [3.05, 3.63) is 28.8 Å². The first kappa shape index (κ1) is 14.8. The van der Waals surface area contributed by atoms with Crippen LogP contribution < -0.4 is 5.73 Å². The summed E-state index contributed by atoms with van der Waals surface area (Å²) in [6.07, 6.45) is 0. The van der Waals surface area contributed by atoms with E-state index in [-0.39, 0.29) is 19.1 Å². The minimum atomic E-state index is -0.147. The van der Waals surface area contributed by atoms with Crippen molar-refractivity contribution >= 4 is 23.2 Å². The van der Waals surface area contributed by atoms with E-state index in [1.54, 1.807) is 25.2 Å². The maximum absolute atomic E-state index is 12.0. The molecule has 0 aliphatic heterocycles. The van der Waals surface area contributed by atoms with Crippen molar-refractivity contribution in [1.29, 1.82) is 0 Å². The lowest BCUT2D eigenvalue weighted by Crippen LogP contribution is -2.30. The van der Waals surface area contributed by atoms with E-state index in [0.717, 1.165) is 0 Å². The number of carbonyl (C=O) groups excluding carboxylic acids is 1. The number of rotatable bonds is 6. The van der Waals surface area contributed by atoms with E-state index in [4.69, 9.17) is 27.2 Å². The van der Waals surface area contributed by atoms with Crippen LogP contribution in [-0.4, -0.2) is 49.3 Å². The molecule has 0 fully saturated rings. The van der Waals surface area contributed by atoms with Gasteiger partial charge in [0, 0.05) is 19.2 Å². The van der Waals surface area contributed by atoms with Gasteiger partial charge in [0.2, 0.25) is 0 Å². The lowest BCUT2D eigenvalue weighted by Gasteiger charge is -2.17. The molecule has 0 saturated heterocycles. The van der Waals surface area contributed by atoms with Gasteiger partial charge in [-0.3, -0.25) is 4.79 Å². The molecule has 0 spiro atoms. The van der Waals surface area contributed by atoms with Gasteiger partial charge in [-0.15, -0.1) is 0 Å². The number of aliphatic hydroxyl groups is 1. The quantitative estimate of drug-likeness (QED) is 0.598. The standard InChI is InChI=1S/C12H17ClN2O3/c1-15(4-6-18-7-5-16)12(17)9-2-3-10(13)11(14)8-9/h2-3,8,16H,4-7,14H2,1H3. The lowest BCUT2D eigenvalue weighted by atomic mass is 10.2. The SMILES string of the molecule is CN(CCOCCO)C(=O)c1ccc(Cl)c(N)c1. The lowest BCUT2D eigenvalue weighted by molar-refractivity contribution is 0.0618. The number of aliphatic hydroxyl groups excluding tert-OH is 1. The fourth-order valence-electron chi connectivity index (χ4n) is 1.37. The molecule has 0 atom stereocenters. The van der Waals surface area contributed by atoms with Crippen LogP contribution in [0, 0.1) is 0 Å². The third-order valence-electron chi connectivity index (χ3n) is 2.40. The van der Waals surface area contributed by atoms with Crippen LogP contribution in [0.5, 0.6) is 0 Å². The summed E-state index contributed by atoms with van der Waals surface area (Å²) in [5, 5.41) is 8.97. The van der Waals surface area contributed by atoms with E-state index in [2.05, 4.69) is 0 Å². The van der Waals surface area contributed by atoms with E-state index in [1.165, 1.54) is 4.90 Å². The van der Waals surface area contributed by atoms with Gasteiger partial charge in [-0.2, -0.15) is 0 Å². The van der Waals surface area contributed by atoms with Gasteiger partial charge in [0.1, 0.15) is 0 Å². The zero-order valence-electron chi connectivity index (χ0n) is 10.2. The summed E-state index contributed by atoms with van der Waals surface area (Å²) in [4.78, 5) is 13.5. The third-order valence-corrected chi connectivity index (χ3v) is 2.74. The normalized spacial score (nSPS) is 10.4. The van der Waals surface area contributed by atoms with E-state index < -0.39 is 0 Å². The van der Waals surface area contributed by atoms with E-state index in [1.807, 2.05) is 0 Å². The molecule has 100 valence electrons. The second-order valence-corrected chi connectivity index (χ2v) is 4.21. The average Bonchev–Trinajstić information content (AvgIpc) is 2.37. The zero-order chi connectivity index (χ0) is 13.5. The van der Waals surface area contributed by atoms with Crippen molar-refractivity contribution in [1.82, 2.24) is 4.90 Å². The Labute approximate surface area is 111 Å². The van der Waals surface area contributed by atoms with Crippen LogP contribution in [0.15, 0.2) is 18.2 Å². The third kappa shape index (κ3) is 4.18. The summed E-state index contributed by atoms with van der Waals surface area (Å²) in [6, 6.07) is 4.78. The Kier molecular flexibility index (Phi) is 5.91. The van der Waals surface area contributed by atoms with Crippen LogP contribution in [0.2, 0.25) is 5.02 Å². The molecule has 1 amide bonds. The van der Waals surface area contributed by atoms with Crippen molar-refractivity contribution in [3.8, 4) is 0 Å². The number of benzene rings is 1. The van der Waals surface area contributed by atoms with Crippen LogP contribution in [0.25, 0.3) is 0 Å². The number of nitrogen functional groups attached to an aromatic ring is 1. The summed E-state index contributed by atoms with van der Waals surface area (Å²) in [6.45, 7) is 1.08. The fourth-order valence-corrected chi connectivity index (χ4v) is 1.48. The highest BCUT2D eigenvalue weighted by Gasteiger charge is 2.12. The van der Waals surface area contributed by atoms with Gasteiger partial charge in [-0.25, -0.2) is 0 Å². The van der Waals surface area contributed by atoms with Crippen LogP contribution in [0.3, 0.4) is 0 Å². The Balaban J connectivity index is 2.54. The number of amides is 1. The summed E-state index contributed by atoms with van der Waals surface area (Å²) in [5.41, 5.74) is 6.51. The van der Waals surface area contributed by atoms with Crippen LogP contribution in [0.4, 0.5) is 5.69 Å². The monoisotopic (exact) mass is 272 g/mol. The molecule has 0 unspecified atom stereocenters. The van der Waals surface area contributed by atoms with Gasteiger partial charge in [-0.1, -0.05) is 11.6 Å². The van der Waals surface area contributed by atoms with Crippen molar-refractivity contribution in [2.24, 2.45) is 0 Å². The molecule has 0 saturated carbocycles. The van der Waals surface area contributed by atoms with Gasteiger partial charge in [0.05, 0.1) is 30.5 Å². The molecule has 0 aliphatic rings. The first-order valence-corrected chi connectivity index (χ1v) is 5.93. The molecule has 1 rings (SSSR count). The molecule has 0 bridgehead atoms. The van der Waals surface area contributed by atoms with Gasteiger partial charge in [-0.05, 0) is 18.2 Å². The van der Waals surface area contributed by atoms with E-state index >= 15 is 0 Å². The number of anilines is 1. The number of ether oxygens (including phenoxy) is 1. The minimum Gasteiger partial charge on any atom is -0.398 e. The first-order chi connectivity index (χ1) is 8.56. The predicted molar refractivity (Wildman–Crippen MR) is 70.7 cm³/mol. The summed E-state index contributed by atoms with van der Waals surface area (Å²) < 4.78 is 5.09. The molecule has 0 aromatic heterocycles. The molecule has 3 N–H and O–H groups in total. The smallest absolute Gasteiger partial charge is 0.253 e. The first-order valence-electron chi connectivity index (χ1n) is 5.55. The number of hydrogen-bond donors (Lipinski definition) is 2. The Morgan fingerprint density at radius 2 is 2.22 bits per heavy atom. The molecular weight excluding hydrogens is 256 g/mol. The number of halogens is 1. The topological polar surface area (TPSA) is 75.8 Å². The van der Waals surface area contributed by atoms with Crippen molar-refractivity contribution < 1.29 is 14.6 Å². The fraction of sp³-hybridized carbons (Fsp3) is 0.417. The predicted octanol–water partition coefficient (Wildman–Crippen LogP) is 1.00. The molecule has 1 aromatic rings. The second kappa shape index (κ2) is 7.20.